The highest BCUT2D eigenvalue weighted by atomic mass is 14.2. The van der Waals surface area contributed by atoms with Gasteiger partial charge in [-0.2, -0.15) is 0 Å². The summed E-state index contributed by atoms with van der Waals surface area (Å²) in [6.07, 6.45) is 8.72. The topological polar surface area (TPSA) is 0 Å². The molecule has 0 nitrogen and oxygen atoms in total. The van der Waals surface area contributed by atoms with Crippen molar-refractivity contribution in [1.29, 1.82) is 0 Å². The molecule has 0 aliphatic carbocycles. The third-order valence-electron chi connectivity index (χ3n) is 2.62. The van der Waals surface area contributed by atoms with Crippen LogP contribution >= 0.6 is 0 Å². The van der Waals surface area contributed by atoms with E-state index < -0.39 is 0 Å². The summed E-state index contributed by atoms with van der Waals surface area (Å²) in [6.45, 7) is 0. The molecule has 2 aliphatic heterocycles. The third kappa shape index (κ3) is 1.15. The van der Waals surface area contributed by atoms with Gasteiger partial charge in [0.2, 0.25) is 0 Å². The van der Waals surface area contributed by atoms with E-state index in [0.29, 0.717) is 0 Å². The van der Waals surface area contributed by atoms with Crippen molar-refractivity contribution in [3.05, 3.63) is 5.82 Å². The lowest BCUT2D eigenvalue weighted by molar-refractivity contribution is 0.512. The maximum Gasteiger partial charge on any atom is 0.121 e. The lowest BCUT2D eigenvalue weighted by Gasteiger charge is -2.32. The Labute approximate surface area is 58.3 Å². The summed E-state index contributed by atoms with van der Waals surface area (Å²) in [7, 11) is 2.53. The van der Waals surface area contributed by atoms with Crippen LogP contribution < -0.4 is 0 Å². The molecule has 0 spiro atoms. The first kappa shape index (κ1) is 5.82. The summed E-state index contributed by atoms with van der Waals surface area (Å²) in [5.74, 6) is 2.75. The molecule has 0 aromatic heterocycles. The molecular weight excluding hydrogens is 107 g/mol. The van der Waals surface area contributed by atoms with Gasteiger partial charge in [-0.3, -0.25) is 0 Å². The van der Waals surface area contributed by atoms with Gasteiger partial charge in [-0.1, -0.05) is 50.2 Å². The number of hydrogen-bond donors (Lipinski definition) is 0. The van der Waals surface area contributed by atoms with Crippen LogP contribution in [0.25, 0.3) is 0 Å². The van der Waals surface area contributed by atoms with E-state index in [4.69, 9.17) is 0 Å². The largest absolute Gasteiger partial charge is 0.121 e. The number of rotatable bonds is 0. The highest BCUT2D eigenvalue weighted by Gasteiger charge is 2.26. The van der Waals surface area contributed by atoms with Gasteiger partial charge in [-0.05, 0) is 0 Å². The smallest absolute Gasteiger partial charge is 0.0682 e. The van der Waals surface area contributed by atoms with Gasteiger partial charge in [0.15, 0.2) is 0 Å². The first-order valence-electron chi connectivity index (χ1n) is 4.15. The molecule has 2 aliphatic rings. The second kappa shape index (κ2) is 2.36. The second-order valence-corrected chi connectivity index (χ2v) is 3.37. The lowest BCUT2D eigenvalue weighted by Crippen LogP contribution is -2.23. The van der Waals surface area contributed by atoms with Gasteiger partial charge in [0, 0.05) is 0 Å². The van der Waals surface area contributed by atoms with E-state index in [1.54, 1.807) is 5.82 Å². The van der Waals surface area contributed by atoms with Gasteiger partial charge in [-0.25, -0.2) is 0 Å². The highest BCUT2D eigenvalue weighted by Crippen LogP contribution is 2.38. The summed E-state index contributed by atoms with van der Waals surface area (Å²) in [5.41, 5.74) is 0. The van der Waals surface area contributed by atoms with Crippen LogP contribution in [0.5, 0.6) is 0 Å². The Morgan fingerprint density at radius 3 is 2.22 bits per heavy atom. The SMILES string of the molecule is [B]1[C]2CCCC1CCC2. The summed E-state index contributed by atoms with van der Waals surface area (Å²) >= 11 is 0. The third-order valence-corrected chi connectivity index (χ3v) is 2.62. The molecule has 1 heteroatoms. The van der Waals surface area contributed by atoms with E-state index >= 15 is 0 Å². The van der Waals surface area contributed by atoms with Crippen LogP contribution in [0.4, 0.5) is 0 Å². The van der Waals surface area contributed by atoms with Crippen molar-refractivity contribution < 1.29 is 0 Å². The van der Waals surface area contributed by atoms with E-state index in [1.807, 2.05) is 0 Å². The molecule has 2 bridgehead atoms. The van der Waals surface area contributed by atoms with Gasteiger partial charge in [0.1, 0.15) is 7.28 Å². The van der Waals surface area contributed by atoms with Crippen molar-refractivity contribution in [2.45, 2.75) is 44.3 Å². The maximum absolute atomic E-state index is 2.53. The van der Waals surface area contributed by atoms with Crippen LogP contribution in [0.1, 0.15) is 38.5 Å². The van der Waals surface area contributed by atoms with Gasteiger partial charge in [0.05, 0.1) is 0 Å². The molecule has 2 fully saturated rings. The van der Waals surface area contributed by atoms with Crippen molar-refractivity contribution in [3.63, 3.8) is 0 Å². The Kier molecular flexibility index (Phi) is 1.53. The molecule has 2 heterocycles. The summed E-state index contributed by atoms with van der Waals surface area (Å²) < 4.78 is 0. The minimum atomic E-state index is 0.988. The number of fused-ring (bicyclic) bond motifs is 2. The zero-order valence-electron chi connectivity index (χ0n) is 5.90. The predicted octanol–water partition coefficient (Wildman–Crippen LogP) is 2.38. The summed E-state index contributed by atoms with van der Waals surface area (Å²) in [5, 5.41) is 0. The van der Waals surface area contributed by atoms with Crippen molar-refractivity contribution >= 4 is 7.28 Å². The van der Waals surface area contributed by atoms with Crippen molar-refractivity contribution in [2.75, 3.05) is 0 Å². The fourth-order valence-corrected chi connectivity index (χ4v) is 2.12. The molecule has 2 rings (SSSR count). The standard InChI is InChI=1S/C8H13B/c1-3-7-5-2-6-8(4-1)9-7/h7H,1-6H2. The Morgan fingerprint density at radius 1 is 1.11 bits per heavy atom. The molecule has 48 valence electrons. The predicted molar refractivity (Wildman–Crippen MR) is 40.4 cm³/mol. The normalized spacial score (nSPS) is 29.8. The van der Waals surface area contributed by atoms with E-state index in [1.165, 1.54) is 38.5 Å². The van der Waals surface area contributed by atoms with Crippen molar-refractivity contribution in [3.8, 4) is 0 Å². The van der Waals surface area contributed by atoms with Crippen LogP contribution in [-0.2, 0) is 0 Å². The van der Waals surface area contributed by atoms with Crippen LogP contribution in [0.3, 0.4) is 0 Å². The Bertz CT molecular complexity index is 80.7. The van der Waals surface area contributed by atoms with E-state index in [0.717, 1.165) is 5.82 Å². The minimum Gasteiger partial charge on any atom is -0.0682 e. The Hall–Kier alpha value is 0.0649. The summed E-state index contributed by atoms with van der Waals surface area (Å²) in [6, 6.07) is 0. The van der Waals surface area contributed by atoms with Crippen LogP contribution in [0.2, 0.25) is 5.82 Å². The fourth-order valence-electron chi connectivity index (χ4n) is 2.12. The zero-order valence-corrected chi connectivity index (χ0v) is 5.90. The fraction of sp³-hybridized carbons (Fsp3) is 0.875. The Balaban J connectivity index is 1.96. The van der Waals surface area contributed by atoms with E-state index in [-0.39, 0.29) is 0 Å². The van der Waals surface area contributed by atoms with Gasteiger partial charge < -0.3 is 0 Å². The summed E-state index contributed by atoms with van der Waals surface area (Å²) in [4.78, 5) is 0. The molecule has 2 radical (unpaired) electrons. The van der Waals surface area contributed by atoms with Crippen molar-refractivity contribution in [2.24, 2.45) is 0 Å². The molecule has 2 saturated heterocycles. The second-order valence-electron chi connectivity index (χ2n) is 3.37. The van der Waals surface area contributed by atoms with E-state index in [9.17, 15) is 0 Å². The monoisotopic (exact) mass is 120 g/mol. The molecular formula is C8H13B. The van der Waals surface area contributed by atoms with E-state index in [2.05, 4.69) is 7.28 Å². The average Bonchev–Trinajstić information content (AvgIpc) is 1.88. The molecule has 0 amide bonds. The van der Waals surface area contributed by atoms with Crippen LogP contribution in [0.15, 0.2) is 0 Å². The maximum atomic E-state index is 2.53. The molecule has 9 heavy (non-hydrogen) atoms. The van der Waals surface area contributed by atoms with Crippen molar-refractivity contribution in [1.82, 2.24) is 0 Å². The van der Waals surface area contributed by atoms with Crippen LogP contribution in [-0.4, -0.2) is 7.28 Å². The first-order chi connectivity index (χ1) is 4.45. The quantitative estimate of drug-likeness (QED) is 0.430. The molecule has 0 aromatic rings. The molecule has 0 atom stereocenters. The zero-order chi connectivity index (χ0) is 6.10. The van der Waals surface area contributed by atoms with Gasteiger partial charge in [-0.15, -0.1) is 0 Å². The molecule has 0 saturated carbocycles. The highest BCUT2D eigenvalue weighted by molar-refractivity contribution is 6.45. The lowest BCUT2D eigenvalue weighted by atomic mass is 9.44. The first-order valence-corrected chi connectivity index (χ1v) is 4.15. The molecule has 0 aromatic carbocycles. The van der Waals surface area contributed by atoms with Gasteiger partial charge >= 0.3 is 0 Å². The average molecular weight is 120 g/mol. The minimum absolute atomic E-state index is 0.988. The molecule has 0 unspecified atom stereocenters. The van der Waals surface area contributed by atoms with Gasteiger partial charge in [0.25, 0.3) is 0 Å². The number of hydrogen-bond acceptors (Lipinski definition) is 0. The Morgan fingerprint density at radius 2 is 1.78 bits per heavy atom. The molecule has 0 N–H and O–H groups in total. The van der Waals surface area contributed by atoms with Crippen LogP contribution in [0, 0.1) is 5.82 Å².